The van der Waals surface area contributed by atoms with Crippen LogP contribution in [-0.4, -0.2) is 6.71 Å². The largest absolute Gasteiger partial charge is 0.312 e. The van der Waals surface area contributed by atoms with E-state index in [1.165, 1.54) is 83.4 Å². The van der Waals surface area contributed by atoms with Crippen molar-refractivity contribution >= 4 is 68.0 Å². The first-order valence-electron chi connectivity index (χ1n) is 21.1. The molecule has 0 aromatic heterocycles. The summed E-state index contributed by atoms with van der Waals surface area (Å²) in [6.45, 7) is 26.1. The van der Waals surface area contributed by atoms with Gasteiger partial charge in [-0.15, -0.1) is 0 Å². The molecule has 7 aromatic carbocycles. The van der Waals surface area contributed by atoms with Crippen LogP contribution in [-0.2, 0) is 21.7 Å². The highest BCUT2D eigenvalue weighted by molar-refractivity contribution is 6.99. The van der Waals surface area contributed by atoms with Gasteiger partial charge in [-0.3, -0.25) is 0 Å². The molecule has 9 rings (SSSR count). The summed E-state index contributed by atoms with van der Waals surface area (Å²) in [6, 6.07) is 55.2. The van der Waals surface area contributed by atoms with Gasteiger partial charge in [-0.25, -0.2) is 0 Å². The van der Waals surface area contributed by atoms with Crippen molar-refractivity contribution in [3.63, 3.8) is 0 Å². The van der Waals surface area contributed by atoms with Crippen molar-refractivity contribution in [3.05, 3.63) is 173 Å². The fourth-order valence-electron chi connectivity index (χ4n) is 9.87. The Balaban J connectivity index is 1.34. The molecule has 0 fully saturated rings. The highest BCUT2D eigenvalue weighted by Gasteiger charge is 2.48. The molecule has 290 valence electrons. The van der Waals surface area contributed by atoms with Crippen LogP contribution in [0.2, 0.25) is 0 Å². The Labute approximate surface area is 347 Å². The summed E-state index contributed by atoms with van der Waals surface area (Å²) in [5, 5.41) is 2.48. The molecule has 0 bridgehead atoms. The van der Waals surface area contributed by atoms with E-state index in [1.54, 1.807) is 0 Å². The minimum Gasteiger partial charge on any atom is -0.312 e. The zero-order valence-electron chi connectivity index (χ0n) is 36.3. The van der Waals surface area contributed by atoms with Gasteiger partial charge in [0, 0.05) is 39.2 Å². The molecule has 0 N–H and O–H groups in total. The van der Waals surface area contributed by atoms with E-state index in [-0.39, 0.29) is 28.4 Å². The number of hydrogen-bond acceptors (Lipinski definition) is 2. The summed E-state index contributed by atoms with van der Waals surface area (Å²) >= 11 is 0. The van der Waals surface area contributed by atoms with Gasteiger partial charge in [-0.1, -0.05) is 173 Å². The molecule has 0 spiro atoms. The summed E-state index contributed by atoms with van der Waals surface area (Å²) in [6.07, 6.45) is 0. The fourth-order valence-corrected chi connectivity index (χ4v) is 9.87. The van der Waals surface area contributed by atoms with E-state index in [0.717, 1.165) is 5.69 Å². The maximum atomic E-state index is 2.56. The van der Waals surface area contributed by atoms with Crippen LogP contribution in [0.15, 0.2) is 146 Å². The molecule has 7 aromatic rings. The number of nitrogens with zero attached hydrogens (tertiary/aromatic N) is 2. The Morgan fingerprint density at radius 2 is 1.16 bits per heavy atom. The van der Waals surface area contributed by atoms with Gasteiger partial charge in [0.15, 0.2) is 0 Å². The third-order valence-electron chi connectivity index (χ3n) is 12.9. The first-order valence-corrected chi connectivity index (χ1v) is 21.1. The highest BCUT2D eigenvalue weighted by Crippen LogP contribution is 2.48. The summed E-state index contributed by atoms with van der Waals surface area (Å²) in [5.41, 5.74) is 18.2. The minimum absolute atomic E-state index is 0.000149. The molecule has 2 aliphatic heterocycles. The summed E-state index contributed by atoms with van der Waals surface area (Å²) in [4.78, 5) is 5.02. The Morgan fingerprint density at radius 1 is 0.517 bits per heavy atom. The van der Waals surface area contributed by atoms with Gasteiger partial charge in [0.1, 0.15) is 0 Å². The normalized spacial score (nSPS) is 14.5. The van der Waals surface area contributed by atoms with Crippen molar-refractivity contribution < 1.29 is 0 Å². The molecule has 2 heterocycles. The summed E-state index contributed by atoms with van der Waals surface area (Å²) in [7, 11) is 0. The van der Waals surface area contributed by atoms with Crippen LogP contribution >= 0.6 is 0 Å². The van der Waals surface area contributed by atoms with E-state index in [1.807, 2.05) is 0 Å². The van der Waals surface area contributed by atoms with E-state index >= 15 is 0 Å². The lowest BCUT2D eigenvalue weighted by atomic mass is 9.29. The first-order chi connectivity index (χ1) is 27.4. The second kappa shape index (κ2) is 13.2. The van der Waals surface area contributed by atoms with Crippen LogP contribution in [0, 0.1) is 0 Å². The van der Waals surface area contributed by atoms with Gasteiger partial charge in [-0.05, 0) is 115 Å². The quantitative estimate of drug-likeness (QED) is 0.165. The topological polar surface area (TPSA) is 6.48 Å². The monoisotopic (exact) mass is 756 g/mol. The summed E-state index contributed by atoms with van der Waals surface area (Å²) in [5.74, 6) is 0. The van der Waals surface area contributed by atoms with E-state index in [2.05, 4.69) is 232 Å². The van der Waals surface area contributed by atoms with Crippen molar-refractivity contribution in [2.75, 3.05) is 9.80 Å². The number of hydrogen-bond donors (Lipinski definition) is 0. The average Bonchev–Trinajstić information content (AvgIpc) is 3.18. The molecule has 0 unspecified atom stereocenters. The number of para-hydroxylation sites is 1. The molecular weight excluding hydrogens is 699 g/mol. The lowest BCUT2D eigenvalue weighted by molar-refractivity contribution is 0.552. The van der Waals surface area contributed by atoms with Crippen LogP contribution in [0.1, 0.15) is 104 Å². The van der Waals surface area contributed by atoms with Gasteiger partial charge >= 0.3 is 0 Å². The van der Waals surface area contributed by atoms with Crippen molar-refractivity contribution in [3.8, 4) is 0 Å². The summed E-state index contributed by atoms with van der Waals surface area (Å²) < 4.78 is 0. The molecular formula is C55H57BN2. The molecule has 2 aliphatic rings. The molecule has 0 atom stereocenters. The lowest BCUT2D eigenvalue weighted by Crippen LogP contribution is -2.64. The average molecular weight is 757 g/mol. The number of rotatable bonds is 4. The predicted molar refractivity (Wildman–Crippen MR) is 253 cm³/mol. The van der Waals surface area contributed by atoms with Gasteiger partial charge in [0.05, 0.1) is 5.69 Å². The maximum Gasteiger partial charge on any atom is 0.247 e. The zero-order valence-corrected chi connectivity index (χ0v) is 36.3. The van der Waals surface area contributed by atoms with Crippen molar-refractivity contribution in [2.24, 2.45) is 0 Å². The van der Waals surface area contributed by atoms with Crippen LogP contribution < -0.4 is 26.2 Å². The maximum absolute atomic E-state index is 2.56. The molecule has 0 radical (unpaired) electrons. The van der Waals surface area contributed by atoms with Crippen LogP contribution in [0.4, 0.5) is 34.1 Å². The van der Waals surface area contributed by atoms with Gasteiger partial charge in [-0.2, -0.15) is 0 Å². The molecule has 0 amide bonds. The Hall–Kier alpha value is -5.54. The molecule has 2 nitrogen and oxygen atoms in total. The molecule has 58 heavy (non-hydrogen) atoms. The second-order valence-corrected chi connectivity index (χ2v) is 20.3. The SMILES string of the molecule is CC(C)(C)c1ccc(N2c3ccc(C(C)(C)C)cc3B3c4ccc(N(c5ccccc5)c5cccc6ccccc56)cc4C(C)(C)c4c(C(C)(C)C)ccc2c43)cc1. The molecule has 0 saturated carbocycles. The van der Waals surface area contributed by atoms with Crippen molar-refractivity contribution in [1.29, 1.82) is 0 Å². The molecule has 3 heteroatoms. The molecule has 0 aliphatic carbocycles. The van der Waals surface area contributed by atoms with Crippen LogP contribution in [0.5, 0.6) is 0 Å². The zero-order chi connectivity index (χ0) is 40.9. The Bertz CT molecular complexity index is 2700. The Morgan fingerprint density at radius 3 is 1.84 bits per heavy atom. The van der Waals surface area contributed by atoms with Crippen LogP contribution in [0.25, 0.3) is 10.8 Å². The van der Waals surface area contributed by atoms with Crippen molar-refractivity contribution in [1.82, 2.24) is 0 Å². The fraction of sp³-hybridized carbons (Fsp3) is 0.273. The smallest absolute Gasteiger partial charge is 0.247 e. The van der Waals surface area contributed by atoms with Gasteiger partial charge in [0.2, 0.25) is 6.71 Å². The van der Waals surface area contributed by atoms with E-state index in [9.17, 15) is 0 Å². The lowest BCUT2D eigenvalue weighted by Gasteiger charge is -2.48. The highest BCUT2D eigenvalue weighted by atomic mass is 15.2. The van der Waals surface area contributed by atoms with E-state index in [0.29, 0.717) is 0 Å². The predicted octanol–water partition coefficient (Wildman–Crippen LogP) is 13.1. The van der Waals surface area contributed by atoms with Crippen LogP contribution in [0.3, 0.4) is 0 Å². The number of benzene rings is 7. The van der Waals surface area contributed by atoms with E-state index < -0.39 is 0 Å². The number of fused-ring (bicyclic) bond motifs is 5. The second-order valence-electron chi connectivity index (χ2n) is 20.3. The minimum atomic E-state index is -0.294. The van der Waals surface area contributed by atoms with E-state index in [4.69, 9.17) is 0 Å². The molecule has 0 saturated heterocycles. The first kappa shape index (κ1) is 38.0. The standard InChI is InChI=1S/C55H57BN2/c1-52(2,3)37-24-27-40(28-25-37)58-48-32-26-38(53(4,5)6)34-46(48)56-45-31-29-41(35-44(45)55(10,11)50-43(54(7,8)9)30-33-49(58)51(50)56)57(39-20-13-12-14-21-39)47-23-17-19-36-18-15-16-22-42(36)47/h12-35H,1-11H3. The van der Waals surface area contributed by atoms with Gasteiger partial charge < -0.3 is 9.80 Å². The Kier molecular flexibility index (Phi) is 8.68. The van der Waals surface area contributed by atoms with Crippen molar-refractivity contribution in [2.45, 2.75) is 97.8 Å². The van der Waals surface area contributed by atoms with Gasteiger partial charge in [0.25, 0.3) is 0 Å². The third-order valence-corrected chi connectivity index (χ3v) is 12.9. The third kappa shape index (κ3) is 6.08. The number of anilines is 6.